The molecule has 12 nitrogen and oxygen atoms in total. The summed E-state index contributed by atoms with van der Waals surface area (Å²) in [7, 11) is -4.21. The molecular formula is C30H46N6O6S. The molecule has 2 heterocycles. The molecule has 13 heteroatoms. The second-order valence-electron chi connectivity index (χ2n) is 14.0. The highest BCUT2D eigenvalue weighted by Gasteiger charge is 2.32. The Hall–Kier alpha value is -3.45. The van der Waals surface area contributed by atoms with Crippen molar-refractivity contribution in [3.05, 3.63) is 41.3 Å². The molecule has 0 saturated heterocycles. The monoisotopic (exact) mass is 618 g/mol. The maximum atomic E-state index is 14.0. The van der Waals surface area contributed by atoms with Gasteiger partial charge < -0.3 is 15.2 Å². The predicted molar refractivity (Wildman–Crippen MR) is 164 cm³/mol. The van der Waals surface area contributed by atoms with Crippen molar-refractivity contribution in [3.63, 3.8) is 0 Å². The summed E-state index contributed by atoms with van der Waals surface area (Å²) in [5.74, 6) is -1.23. The maximum absolute atomic E-state index is 14.0. The van der Waals surface area contributed by atoms with Crippen molar-refractivity contribution in [2.24, 2.45) is 5.41 Å². The number of H-pyrrole nitrogens is 1. The van der Waals surface area contributed by atoms with Crippen molar-refractivity contribution in [2.45, 2.75) is 110 Å². The molecule has 0 aliphatic heterocycles. The third-order valence-electron chi connectivity index (χ3n) is 7.04. The van der Waals surface area contributed by atoms with Crippen LogP contribution in [0.5, 0.6) is 5.75 Å². The molecule has 2 unspecified atom stereocenters. The minimum absolute atomic E-state index is 0.00261. The van der Waals surface area contributed by atoms with Gasteiger partial charge in [-0.05, 0) is 48.8 Å². The van der Waals surface area contributed by atoms with Crippen LogP contribution >= 0.6 is 0 Å². The fraction of sp³-hybridized carbons (Fsp3) is 0.600. The number of hydrogen-bond acceptors (Lipinski definition) is 7. The number of ether oxygens (including phenoxy) is 1. The van der Waals surface area contributed by atoms with E-state index in [0.717, 1.165) is 17.7 Å². The Balaban J connectivity index is 1.99. The first-order valence-corrected chi connectivity index (χ1v) is 15.9. The van der Waals surface area contributed by atoms with E-state index >= 15 is 0 Å². The number of sulfonamides is 1. The van der Waals surface area contributed by atoms with Gasteiger partial charge in [0.1, 0.15) is 10.6 Å². The van der Waals surface area contributed by atoms with Gasteiger partial charge in [-0.2, -0.15) is 0 Å². The molecule has 0 saturated carbocycles. The molecule has 1 amide bonds. The molecule has 0 aliphatic rings. The van der Waals surface area contributed by atoms with E-state index in [2.05, 4.69) is 80.7 Å². The average molecular weight is 619 g/mol. The van der Waals surface area contributed by atoms with E-state index in [1.165, 1.54) is 6.92 Å². The van der Waals surface area contributed by atoms with Crippen LogP contribution in [0.1, 0.15) is 105 Å². The molecule has 0 spiro atoms. The molecule has 0 radical (unpaired) electrons. The molecule has 2 aromatic heterocycles. The quantitative estimate of drug-likeness (QED) is 0.231. The summed E-state index contributed by atoms with van der Waals surface area (Å²) < 4.78 is 38.3. The minimum atomic E-state index is -4.21. The van der Waals surface area contributed by atoms with Gasteiger partial charge in [0, 0.05) is 23.7 Å². The van der Waals surface area contributed by atoms with Gasteiger partial charge in [-0.1, -0.05) is 61.5 Å². The minimum Gasteiger partial charge on any atom is -0.481 e. The number of carbonyl (C=O) groups is 2. The van der Waals surface area contributed by atoms with Crippen molar-refractivity contribution < 1.29 is 27.9 Å². The molecule has 3 rings (SSSR count). The number of hydrogen-bond donors (Lipinski definition) is 4. The van der Waals surface area contributed by atoms with Crippen LogP contribution in [0.4, 0.5) is 0 Å². The van der Waals surface area contributed by atoms with Crippen LogP contribution < -0.4 is 14.8 Å². The summed E-state index contributed by atoms with van der Waals surface area (Å²) in [6.45, 7) is 19.8. The molecule has 0 bridgehead atoms. The molecule has 43 heavy (non-hydrogen) atoms. The first-order valence-electron chi connectivity index (χ1n) is 14.4. The van der Waals surface area contributed by atoms with Crippen molar-refractivity contribution in [1.29, 1.82) is 0 Å². The maximum Gasteiger partial charge on any atom is 0.305 e. The van der Waals surface area contributed by atoms with Gasteiger partial charge in [0.05, 0.1) is 12.5 Å². The summed E-state index contributed by atoms with van der Waals surface area (Å²) in [6.07, 6.45) is -0.544. The molecule has 238 valence electrons. The third-order valence-corrected chi connectivity index (χ3v) is 8.61. The van der Waals surface area contributed by atoms with E-state index < -0.39 is 34.0 Å². The van der Waals surface area contributed by atoms with Gasteiger partial charge in [0.15, 0.2) is 17.6 Å². The van der Waals surface area contributed by atoms with Crippen LogP contribution in [0.25, 0.3) is 5.65 Å². The topological polar surface area (TPSA) is 168 Å². The molecule has 0 fully saturated rings. The lowest BCUT2D eigenvalue weighted by molar-refractivity contribution is -0.137. The first-order chi connectivity index (χ1) is 19.6. The molecular weight excluding hydrogens is 572 g/mol. The van der Waals surface area contributed by atoms with E-state index in [1.807, 2.05) is 12.1 Å². The number of carboxylic acids is 1. The summed E-state index contributed by atoms with van der Waals surface area (Å²) >= 11 is 0. The Bertz CT molecular complexity index is 1580. The van der Waals surface area contributed by atoms with E-state index in [0.29, 0.717) is 11.5 Å². The largest absolute Gasteiger partial charge is 0.481 e. The van der Waals surface area contributed by atoms with Crippen LogP contribution in [0.2, 0.25) is 0 Å². The lowest BCUT2D eigenvalue weighted by atomic mass is 9.72. The van der Waals surface area contributed by atoms with Crippen molar-refractivity contribution >= 4 is 27.5 Å². The molecule has 2 atom stereocenters. The number of fused-ring (bicyclic) bond motifs is 1. The zero-order valence-electron chi connectivity index (χ0n) is 26.8. The summed E-state index contributed by atoms with van der Waals surface area (Å²) in [6, 6.07) is 6.08. The van der Waals surface area contributed by atoms with E-state index in [9.17, 15) is 18.0 Å². The van der Waals surface area contributed by atoms with Gasteiger partial charge in [0.2, 0.25) is 10.0 Å². The van der Waals surface area contributed by atoms with Gasteiger partial charge in [-0.15, -0.1) is 10.2 Å². The first kappa shape index (κ1) is 34.0. The fourth-order valence-corrected chi connectivity index (χ4v) is 6.52. The lowest BCUT2D eigenvalue weighted by Crippen LogP contribution is -2.38. The highest BCUT2D eigenvalue weighted by atomic mass is 32.2. The highest BCUT2D eigenvalue weighted by Crippen LogP contribution is 2.39. The molecule has 1 aromatic carbocycles. The zero-order chi connectivity index (χ0) is 32.5. The summed E-state index contributed by atoms with van der Waals surface area (Å²) in [5.41, 5.74) is 1.72. The number of rotatable bonds is 12. The van der Waals surface area contributed by atoms with Crippen LogP contribution in [-0.4, -0.2) is 57.9 Å². The lowest BCUT2D eigenvalue weighted by Gasteiger charge is -2.33. The predicted octanol–water partition coefficient (Wildman–Crippen LogP) is 4.47. The van der Waals surface area contributed by atoms with E-state index in [4.69, 9.17) is 9.84 Å². The van der Waals surface area contributed by atoms with Crippen molar-refractivity contribution in [2.75, 3.05) is 6.54 Å². The zero-order valence-corrected chi connectivity index (χ0v) is 27.6. The number of aliphatic carboxylic acids is 1. The number of aromatic amines is 1. The Morgan fingerprint density at radius 2 is 1.70 bits per heavy atom. The smallest absolute Gasteiger partial charge is 0.305 e. The van der Waals surface area contributed by atoms with Gasteiger partial charge in [0.25, 0.3) is 5.91 Å². The van der Waals surface area contributed by atoms with Crippen molar-refractivity contribution in [1.82, 2.24) is 29.9 Å². The van der Waals surface area contributed by atoms with Gasteiger partial charge >= 0.3 is 5.97 Å². The second kappa shape index (κ2) is 12.3. The fourth-order valence-electron chi connectivity index (χ4n) is 5.16. The third kappa shape index (κ3) is 8.56. The van der Waals surface area contributed by atoms with E-state index in [1.54, 1.807) is 23.6 Å². The van der Waals surface area contributed by atoms with E-state index in [-0.39, 0.29) is 39.9 Å². The van der Waals surface area contributed by atoms with Crippen LogP contribution in [-0.2, 0) is 30.4 Å². The number of aromatic nitrogens is 4. The Labute approximate surface area is 254 Å². The van der Waals surface area contributed by atoms with Crippen LogP contribution in [0, 0.1) is 5.41 Å². The Kier molecular flexibility index (Phi) is 9.72. The number of amides is 1. The summed E-state index contributed by atoms with van der Waals surface area (Å²) in [5, 5.41) is 23.1. The molecule has 4 N–H and O–H groups in total. The van der Waals surface area contributed by atoms with Crippen LogP contribution in [0.3, 0.4) is 0 Å². The SMILES string of the molecule is CC(Oc1ccc(C(C)(C)CC(C)(C)C)cc1S(=O)(=O)NC(C)c1nnc2cc(C(C)(C)C)[nH]n12)C(=O)NCCC(=O)O. The molecule has 3 aromatic rings. The number of carboxylic acid groups (broad SMARTS) is 1. The average Bonchev–Trinajstić information content (AvgIpc) is 3.43. The number of benzene rings is 1. The summed E-state index contributed by atoms with van der Waals surface area (Å²) in [4.78, 5) is 23.3. The Morgan fingerprint density at radius 1 is 1.05 bits per heavy atom. The number of nitrogens with one attached hydrogen (secondary N) is 3. The van der Waals surface area contributed by atoms with Gasteiger partial charge in [-0.3, -0.25) is 14.7 Å². The number of nitrogens with zero attached hydrogens (tertiary/aromatic N) is 3. The number of carbonyl (C=O) groups excluding carboxylic acids is 1. The van der Waals surface area contributed by atoms with Gasteiger partial charge in [-0.25, -0.2) is 17.7 Å². The Morgan fingerprint density at radius 3 is 2.28 bits per heavy atom. The highest BCUT2D eigenvalue weighted by molar-refractivity contribution is 7.89. The normalized spacial score (nSPS) is 14.5. The molecule has 0 aliphatic carbocycles. The van der Waals surface area contributed by atoms with Crippen molar-refractivity contribution in [3.8, 4) is 5.75 Å². The standard InChI is InChI=1S/C30H46N6O6S/c1-18(26-33-32-24-16-23(29(6,7)8)34-36(24)26)35-43(40,41)22-15-20(30(9,10)17-28(3,4)5)11-12-21(22)42-19(2)27(39)31-14-13-25(37)38/h11-12,15-16,18-19,34-35H,13-14,17H2,1-10H3,(H,31,39)(H,37,38). The second-order valence-corrected chi connectivity index (χ2v) is 15.7. The van der Waals surface area contributed by atoms with Crippen LogP contribution in [0.15, 0.2) is 29.2 Å².